The molecule has 1 amide bonds. The molecule has 4 heterocycles. The van der Waals surface area contributed by atoms with Gasteiger partial charge in [0.1, 0.15) is 6.10 Å². The Morgan fingerprint density at radius 3 is 2.81 bits per heavy atom. The highest BCUT2D eigenvalue weighted by molar-refractivity contribution is 7.17. The van der Waals surface area contributed by atoms with E-state index in [1.54, 1.807) is 15.8 Å². The summed E-state index contributed by atoms with van der Waals surface area (Å²) in [7, 11) is 2.82. The second kappa shape index (κ2) is 8.45. The highest BCUT2D eigenvalue weighted by atomic mass is 32.1. The molecule has 1 saturated heterocycles. The first-order chi connectivity index (χ1) is 14.9. The van der Waals surface area contributed by atoms with Gasteiger partial charge < -0.3 is 23.9 Å². The number of carbonyl (C=O) groups excluding carboxylic acids is 1. The second-order valence-corrected chi connectivity index (χ2v) is 7.75. The van der Waals surface area contributed by atoms with Crippen LogP contribution in [0.4, 0.5) is 10.8 Å². The first-order valence-corrected chi connectivity index (χ1v) is 10.1. The van der Waals surface area contributed by atoms with E-state index in [0.717, 1.165) is 17.0 Å². The maximum absolute atomic E-state index is 12.7. The van der Waals surface area contributed by atoms with E-state index < -0.39 is 23.7 Å². The summed E-state index contributed by atoms with van der Waals surface area (Å²) < 4.78 is 17.1. The minimum absolute atomic E-state index is 0.0622. The molecule has 13 heteroatoms. The van der Waals surface area contributed by atoms with E-state index in [0.29, 0.717) is 17.4 Å². The Morgan fingerprint density at radius 1 is 1.35 bits per heavy atom. The van der Waals surface area contributed by atoms with Crippen LogP contribution in [-0.4, -0.2) is 70.5 Å². The maximum atomic E-state index is 12.7. The van der Waals surface area contributed by atoms with Crippen LogP contribution in [0.2, 0.25) is 0 Å². The number of amides is 1. The fraction of sp³-hybridized carbons (Fsp3) is 0.389. The van der Waals surface area contributed by atoms with Crippen molar-refractivity contribution < 1.29 is 23.8 Å². The number of aliphatic hydroxyl groups excluding tert-OH is 1. The second-order valence-electron chi connectivity index (χ2n) is 6.79. The van der Waals surface area contributed by atoms with Crippen molar-refractivity contribution in [3.8, 4) is 10.9 Å². The zero-order chi connectivity index (χ0) is 22.1. The highest BCUT2D eigenvalue weighted by Crippen LogP contribution is 2.30. The maximum Gasteiger partial charge on any atom is 0.381 e. The SMILES string of the molecule is COc1c(N2C[C@@H](O)[C@H](OC)C2)cc(C(=O)Nc2nnc(-n3nccc3C)s2)oc1=O. The third-order valence-corrected chi connectivity index (χ3v) is 5.66. The number of aromatic nitrogens is 4. The van der Waals surface area contributed by atoms with Crippen molar-refractivity contribution in [2.75, 3.05) is 37.5 Å². The molecular weight excluding hydrogens is 428 g/mol. The number of methoxy groups -OCH3 is 2. The van der Waals surface area contributed by atoms with Crippen molar-refractivity contribution in [2.45, 2.75) is 19.1 Å². The minimum Gasteiger partial charge on any atom is -0.488 e. The lowest BCUT2D eigenvalue weighted by Crippen LogP contribution is -2.26. The molecule has 0 saturated carbocycles. The molecule has 31 heavy (non-hydrogen) atoms. The summed E-state index contributed by atoms with van der Waals surface area (Å²) in [6, 6.07) is 3.20. The van der Waals surface area contributed by atoms with Crippen molar-refractivity contribution in [3.63, 3.8) is 0 Å². The smallest absolute Gasteiger partial charge is 0.381 e. The summed E-state index contributed by atoms with van der Waals surface area (Å²) in [6.07, 6.45) is 0.455. The van der Waals surface area contributed by atoms with Gasteiger partial charge in [0.15, 0.2) is 5.76 Å². The van der Waals surface area contributed by atoms with Gasteiger partial charge in [-0.3, -0.25) is 10.1 Å². The summed E-state index contributed by atoms with van der Waals surface area (Å²) in [4.78, 5) is 26.8. The molecule has 2 N–H and O–H groups in total. The van der Waals surface area contributed by atoms with Gasteiger partial charge in [-0.15, -0.1) is 10.2 Å². The Hall–Kier alpha value is -3.29. The van der Waals surface area contributed by atoms with Gasteiger partial charge in [-0.2, -0.15) is 5.10 Å². The zero-order valence-electron chi connectivity index (χ0n) is 16.9. The van der Waals surface area contributed by atoms with E-state index in [4.69, 9.17) is 13.9 Å². The van der Waals surface area contributed by atoms with Crippen molar-refractivity contribution >= 4 is 28.1 Å². The normalized spacial score (nSPS) is 18.4. The topological polar surface area (TPSA) is 145 Å². The Balaban J connectivity index is 1.59. The van der Waals surface area contributed by atoms with Gasteiger partial charge in [0.2, 0.25) is 16.0 Å². The quantitative estimate of drug-likeness (QED) is 0.545. The molecule has 0 radical (unpaired) electrons. The van der Waals surface area contributed by atoms with E-state index in [1.807, 2.05) is 13.0 Å². The summed E-state index contributed by atoms with van der Waals surface area (Å²) >= 11 is 1.11. The monoisotopic (exact) mass is 448 g/mol. The van der Waals surface area contributed by atoms with Crippen LogP contribution in [0.15, 0.2) is 27.5 Å². The first kappa shape index (κ1) is 21.0. The van der Waals surface area contributed by atoms with E-state index in [2.05, 4.69) is 20.6 Å². The number of hydrogen-bond acceptors (Lipinski definition) is 11. The van der Waals surface area contributed by atoms with Crippen molar-refractivity contribution in [1.82, 2.24) is 20.0 Å². The van der Waals surface area contributed by atoms with Crippen LogP contribution in [0.1, 0.15) is 16.2 Å². The van der Waals surface area contributed by atoms with Gasteiger partial charge >= 0.3 is 5.63 Å². The number of hydrogen-bond donors (Lipinski definition) is 2. The zero-order valence-corrected chi connectivity index (χ0v) is 17.8. The minimum atomic E-state index is -0.814. The summed E-state index contributed by atoms with van der Waals surface area (Å²) in [5, 5.41) is 25.5. The van der Waals surface area contributed by atoms with E-state index >= 15 is 0 Å². The van der Waals surface area contributed by atoms with Crippen molar-refractivity contribution in [1.29, 1.82) is 0 Å². The number of aryl methyl sites for hydroxylation is 1. The molecule has 1 aliphatic rings. The Morgan fingerprint density at radius 2 is 2.16 bits per heavy atom. The molecule has 0 bridgehead atoms. The first-order valence-electron chi connectivity index (χ1n) is 9.25. The molecule has 0 spiro atoms. The Bertz CT molecular complexity index is 1160. The third kappa shape index (κ3) is 4.02. The average Bonchev–Trinajstić information content (AvgIpc) is 3.47. The molecule has 0 aromatic carbocycles. The van der Waals surface area contributed by atoms with Crippen LogP contribution in [0, 0.1) is 6.92 Å². The fourth-order valence-electron chi connectivity index (χ4n) is 3.27. The van der Waals surface area contributed by atoms with E-state index in [-0.39, 0.29) is 23.2 Å². The highest BCUT2D eigenvalue weighted by Gasteiger charge is 2.34. The number of β-amino-alcohol motifs (C(OH)–C–C–N with tert-alkyl or cyclic N) is 1. The molecule has 1 aliphatic heterocycles. The fourth-order valence-corrected chi connectivity index (χ4v) is 4.03. The molecule has 4 rings (SSSR count). The lowest BCUT2D eigenvalue weighted by molar-refractivity contribution is 0.0217. The molecule has 2 atom stereocenters. The molecule has 3 aromatic heterocycles. The predicted octanol–water partition coefficient (Wildman–Crippen LogP) is 0.442. The summed E-state index contributed by atoms with van der Waals surface area (Å²) in [5.74, 6) is -0.972. The third-order valence-electron chi connectivity index (χ3n) is 4.84. The standard InChI is InChI=1S/C18H20N6O6S/c1-9-4-5-19-24(9)18-22-21-17(31-18)20-15(26)12-6-10(14(29-3)16(27)30-12)23-7-11(25)13(8-23)28-2/h4-6,11,13,25H,7-8H2,1-3H3,(H,20,21,26)/t11-,13-/m1/s1. The largest absolute Gasteiger partial charge is 0.488 e. The molecule has 0 unspecified atom stereocenters. The van der Waals surface area contributed by atoms with Gasteiger partial charge in [0, 0.05) is 38.2 Å². The van der Waals surface area contributed by atoms with Crippen LogP contribution in [0.25, 0.3) is 5.13 Å². The molecule has 12 nitrogen and oxygen atoms in total. The van der Waals surface area contributed by atoms with E-state index in [1.165, 1.54) is 20.3 Å². The summed E-state index contributed by atoms with van der Waals surface area (Å²) in [6.45, 7) is 2.40. The van der Waals surface area contributed by atoms with E-state index in [9.17, 15) is 14.7 Å². The number of nitrogens with one attached hydrogen (secondary N) is 1. The van der Waals surface area contributed by atoms with Crippen LogP contribution >= 0.6 is 11.3 Å². The Labute approximate surface area is 180 Å². The van der Waals surface area contributed by atoms with Gasteiger partial charge in [0.05, 0.1) is 18.9 Å². The van der Waals surface area contributed by atoms with Gasteiger partial charge in [-0.05, 0) is 13.0 Å². The average molecular weight is 448 g/mol. The molecular formula is C18H20N6O6S. The lowest BCUT2D eigenvalue weighted by Gasteiger charge is -2.20. The van der Waals surface area contributed by atoms with Gasteiger partial charge in [-0.1, -0.05) is 11.3 Å². The Kier molecular flexibility index (Phi) is 5.71. The molecule has 0 aliphatic carbocycles. The molecule has 1 fully saturated rings. The molecule has 164 valence electrons. The molecule has 3 aromatic rings. The van der Waals surface area contributed by atoms with Crippen LogP contribution in [-0.2, 0) is 4.74 Å². The summed E-state index contributed by atoms with van der Waals surface area (Å²) in [5.41, 5.74) is 0.375. The van der Waals surface area contributed by atoms with Crippen LogP contribution in [0.5, 0.6) is 5.75 Å². The van der Waals surface area contributed by atoms with Crippen molar-refractivity contribution in [3.05, 3.63) is 40.2 Å². The van der Waals surface area contributed by atoms with Gasteiger partial charge in [-0.25, -0.2) is 9.48 Å². The number of nitrogens with zero attached hydrogens (tertiary/aromatic N) is 5. The predicted molar refractivity (Wildman–Crippen MR) is 110 cm³/mol. The lowest BCUT2D eigenvalue weighted by atomic mass is 10.3. The van der Waals surface area contributed by atoms with Crippen molar-refractivity contribution in [2.24, 2.45) is 0 Å². The van der Waals surface area contributed by atoms with Crippen LogP contribution < -0.4 is 20.6 Å². The number of carbonyl (C=O) groups is 1. The number of rotatable bonds is 6. The number of aliphatic hydroxyl groups is 1. The number of anilines is 2. The van der Waals surface area contributed by atoms with Gasteiger partial charge in [0.25, 0.3) is 5.91 Å². The van der Waals surface area contributed by atoms with Crippen LogP contribution in [0.3, 0.4) is 0 Å². The number of ether oxygens (including phenoxy) is 2.